The summed E-state index contributed by atoms with van der Waals surface area (Å²) in [4.78, 5) is 13.1. The van der Waals surface area contributed by atoms with Crippen LogP contribution in [0.3, 0.4) is 0 Å². The first-order valence-corrected chi connectivity index (χ1v) is 7.65. The molecular weight excluding hydrogens is 284 g/mol. The number of nitrogens with zero attached hydrogens (tertiary/aromatic N) is 2. The normalized spacial score (nSPS) is 21.1. The number of rotatable bonds is 3. The first-order valence-electron chi connectivity index (χ1n) is 4.71. The summed E-state index contributed by atoms with van der Waals surface area (Å²) in [7, 11) is -3.56. The lowest BCUT2D eigenvalue weighted by Crippen LogP contribution is -2.27. The maximum absolute atomic E-state index is 11.7. The van der Waals surface area contributed by atoms with Crippen molar-refractivity contribution in [1.29, 1.82) is 0 Å². The number of aromatic amines is 1. The zero-order chi connectivity index (χ0) is 12.6. The van der Waals surface area contributed by atoms with Crippen molar-refractivity contribution >= 4 is 44.6 Å². The Morgan fingerprint density at radius 1 is 1.65 bits per heavy atom. The standard InChI is InChI=1S/C7H10N4O3S3/c8-17(13,14)3-4-1-5(12)11(2-4)6-9-10-7(15)16-6/h4H,1-3H2,(H,10,15)(H2,8,13,14). The topological polar surface area (TPSA) is 109 Å². The van der Waals surface area contributed by atoms with E-state index in [2.05, 4.69) is 10.2 Å². The van der Waals surface area contributed by atoms with E-state index in [9.17, 15) is 13.2 Å². The molecule has 10 heteroatoms. The molecule has 2 rings (SSSR count). The number of anilines is 1. The lowest BCUT2D eigenvalue weighted by molar-refractivity contribution is -0.117. The second-order valence-corrected chi connectivity index (χ2v) is 7.10. The zero-order valence-electron chi connectivity index (χ0n) is 8.62. The molecule has 7 nitrogen and oxygen atoms in total. The molecule has 0 aromatic carbocycles. The lowest BCUT2D eigenvalue weighted by Gasteiger charge is -2.11. The van der Waals surface area contributed by atoms with Gasteiger partial charge in [-0.2, -0.15) is 0 Å². The van der Waals surface area contributed by atoms with Gasteiger partial charge in [0.2, 0.25) is 21.1 Å². The van der Waals surface area contributed by atoms with Crippen LogP contribution in [0.4, 0.5) is 5.13 Å². The Labute approximate surface area is 107 Å². The minimum Gasteiger partial charge on any atom is -0.286 e. The Balaban J connectivity index is 2.13. The SMILES string of the molecule is NS(=O)(=O)CC1CC(=O)N(c2n[nH]c(=S)s2)C1. The molecular formula is C7H10N4O3S3. The molecule has 1 fully saturated rings. The Bertz CT molecular complexity index is 590. The lowest BCUT2D eigenvalue weighted by atomic mass is 10.1. The van der Waals surface area contributed by atoms with Gasteiger partial charge in [-0.3, -0.25) is 14.8 Å². The second-order valence-electron chi connectivity index (χ2n) is 3.80. The Hall–Kier alpha value is -0.840. The van der Waals surface area contributed by atoms with Crippen LogP contribution in [-0.4, -0.2) is 36.8 Å². The van der Waals surface area contributed by atoms with E-state index in [1.54, 1.807) is 0 Å². The minimum absolute atomic E-state index is 0.156. The van der Waals surface area contributed by atoms with Crippen molar-refractivity contribution in [2.24, 2.45) is 11.1 Å². The van der Waals surface area contributed by atoms with Gasteiger partial charge in [0.15, 0.2) is 3.95 Å². The van der Waals surface area contributed by atoms with Crippen LogP contribution in [0.15, 0.2) is 0 Å². The van der Waals surface area contributed by atoms with Gasteiger partial charge in [-0.1, -0.05) is 11.3 Å². The molecule has 1 aromatic heterocycles. The van der Waals surface area contributed by atoms with E-state index in [1.807, 2.05) is 0 Å². The molecule has 0 spiro atoms. The van der Waals surface area contributed by atoms with Crippen molar-refractivity contribution in [1.82, 2.24) is 10.2 Å². The number of primary sulfonamides is 1. The van der Waals surface area contributed by atoms with Crippen molar-refractivity contribution in [3.8, 4) is 0 Å². The average Bonchev–Trinajstić information content (AvgIpc) is 2.70. The fourth-order valence-electron chi connectivity index (χ4n) is 1.74. The van der Waals surface area contributed by atoms with Crippen LogP contribution in [0.1, 0.15) is 6.42 Å². The molecule has 0 bridgehead atoms. The number of carbonyl (C=O) groups excluding carboxylic acids is 1. The van der Waals surface area contributed by atoms with Crippen LogP contribution >= 0.6 is 23.6 Å². The highest BCUT2D eigenvalue weighted by Crippen LogP contribution is 2.26. The highest BCUT2D eigenvalue weighted by atomic mass is 32.2. The zero-order valence-corrected chi connectivity index (χ0v) is 11.1. The molecule has 1 aromatic rings. The van der Waals surface area contributed by atoms with Crippen molar-refractivity contribution in [2.45, 2.75) is 6.42 Å². The van der Waals surface area contributed by atoms with Crippen molar-refractivity contribution < 1.29 is 13.2 Å². The predicted octanol–water partition coefficient (Wildman–Crippen LogP) is -0.158. The van der Waals surface area contributed by atoms with Gasteiger partial charge in [-0.05, 0) is 12.2 Å². The van der Waals surface area contributed by atoms with E-state index in [4.69, 9.17) is 17.4 Å². The Morgan fingerprint density at radius 2 is 2.35 bits per heavy atom. The highest BCUT2D eigenvalue weighted by molar-refractivity contribution is 7.89. The Kier molecular flexibility index (Phi) is 3.30. The molecule has 1 aliphatic rings. The Morgan fingerprint density at radius 3 is 2.88 bits per heavy atom. The molecule has 94 valence electrons. The minimum atomic E-state index is -3.56. The number of H-pyrrole nitrogens is 1. The fourth-order valence-corrected chi connectivity index (χ4v) is 3.53. The second kappa shape index (κ2) is 4.44. The van der Waals surface area contributed by atoms with Gasteiger partial charge in [0.1, 0.15) is 0 Å². The molecule has 1 unspecified atom stereocenters. The first-order chi connectivity index (χ1) is 7.85. The van der Waals surface area contributed by atoms with Gasteiger partial charge in [-0.15, -0.1) is 5.10 Å². The number of amides is 1. The third-order valence-corrected chi connectivity index (χ3v) is 4.38. The van der Waals surface area contributed by atoms with Gasteiger partial charge in [0, 0.05) is 18.9 Å². The van der Waals surface area contributed by atoms with E-state index >= 15 is 0 Å². The molecule has 0 saturated carbocycles. The maximum Gasteiger partial charge on any atom is 0.229 e. The quantitative estimate of drug-likeness (QED) is 0.753. The summed E-state index contributed by atoms with van der Waals surface area (Å²) >= 11 is 6.05. The number of nitrogens with one attached hydrogen (secondary N) is 1. The molecule has 3 N–H and O–H groups in total. The molecule has 2 heterocycles. The largest absolute Gasteiger partial charge is 0.286 e. The van der Waals surface area contributed by atoms with E-state index in [0.717, 1.165) is 0 Å². The summed E-state index contributed by atoms with van der Waals surface area (Å²) in [6.07, 6.45) is 0.169. The van der Waals surface area contributed by atoms with Crippen LogP contribution < -0.4 is 10.0 Å². The van der Waals surface area contributed by atoms with E-state index in [1.165, 1.54) is 16.2 Å². The summed E-state index contributed by atoms with van der Waals surface area (Å²) in [6, 6.07) is 0. The molecule has 1 aliphatic heterocycles. The molecule has 1 amide bonds. The number of hydrogen-bond acceptors (Lipinski definition) is 6. The molecule has 0 aliphatic carbocycles. The van der Waals surface area contributed by atoms with Gasteiger partial charge in [0.25, 0.3) is 0 Å². The number of carbonyl (C=O) groups is 1. The third-order valence-electron chi connectivity index (χ3n) is 2.33. The molecule has 1 saturated heterocycles. The average molecular weight is 294 g/mol. The maximum atomic E-state index is 11.7. The van der Waals surface area contributed by atoms with Gasteiger partial charge < -0.3 is 0 Å². The van der Waals surface area contributed by atoms with Gasteiger partial charge >= 0.3 is 0 Å². The number of aromatic nitrogens is 2. The highest BCUT2D eigenvalue weighted by Gasteiger charge is 2.34. The van der Waals surface area contributed by atoms with E-state index in [0.29, 0.717) is 15.6 Å². The monoisotopic (exact) mass is 294 g/mol. The first kappa shape index (κ1) is 12.6. The summed E-state index contributed by atoms with van der Waals surface area (Å²) in [5, 5.41) is 11.9. The van der Waals surface area contributed by atoms with Gasteiger partial charge in [0.05, 0.1) is 5.75 Å². The summed E-state index contributed by atoms with van der Waals surface area (Å²) in [5.41, 5.74) is 0. The van der Waals surface area contributed by atoms with Crippen LogP contribution in [0.2, 0.25) is 0 Å². The number of nitrogens with two attached hydrogens (primary N) is 1. The third kappa shape index (κ3) is 3.09. The van der Waals surface area contributed by atoms with Crippen LogP contribution in [-0.2, 0) is 14.8 Å². The van der Waals surface area contributed by atoms with Crippen LogP contribution in [0.25, 0.3) is 0 Å². The van der Waals surface area contributed by atoms with Crippen molar-refractivity contribution in [3.63, 3.8) is 0 Å². The molecule has 17 heavy (non-hydrogen) atoms. The number of hydrogen-bond donors (Lipinski definition) is 2. The van der Waals surface area contributed by atoms with Gasteiger partial charge in [-0.25, -0.2) is 13.6 Å². The van der Waals surface area contributed by atoms with E-state index < -0.39 is 10.0 Å². The van der Waals surface area contributed by atoms with Crippen LogP contribution in [0.5, 0.6) is 0 Å². The summed E-state index contributed by atoms with van der Waals surface area (Å²) in [5.74, 6) is -0.628. The van der Waals surface area contributed by atoms with Crippen molar-refractivity contribution in [3.05, 3.63) is 3.95 Å². The predicted molar refractivity (Wildman–Crippen MR) is 65.7 cm³/mol. The number of sulfonamides is 1. The molecule has 0 radical (unpaired) electrons. The summed E-state index contributed by atoms with van der Waals surface area (Å²) < 4.78 is 22.4. The molecule has 1 atom stereocenters. The fraction of sp³-hybridized carbons (Fsp3) is 0.571. The smallest absolute Gasteiger partial charge is 0.229 e. The van der Waals surface area contributed by atoms with Crippen LogP contribution in [0, 0.1) is 9.87 Å². The van der Waals surface area contributed by atoms with Crippen molar-refractivity contribution in [2.75, 3.05) is 17.2 Å². The van der Waals surface area contributed by atoms with E-state index in [-0.39, 0.29) is 24.0 Å². The summed E-state index contributed by atoms with van der Waals surface area (Å²) in [6.45, 7) is 0.311.